The minimum absolute atomic E-state index is 0. The summed E-state index contributed by atoms with van der Waals surface area (Å²) in [4.78, 5) is 8.46. The van der Waals surface area contributed by atoms with E-state index in [1.165, 1.54) is 18.2 Å². The molecule has 8 nitrogen and oxygen atoms in total. The molecule has 188 valence electrons. The van der Waals surface area contributed by atoms with E-state index in [2.05, 4.69) is 31.7 Å². The molecule has 0 amide bonds. The molecule has 0 aliphatic rings. The molecule has 13 heteroatoms. The first kappa shape index (κ1) is 34.7. The average molecular weight is 512 g/mol. The molecule has 0 bridgehead atoms. The van der Waals surface area contributed by atoms with E-state index in [9.17, 15) is 22.3 Å². The Hall–Kier alpha value is -1.42. The first-order valence-electron chi connectivity index (χ1n) is 9.52. The van der Waals surface area contributed by atoms with Gasteiger partial charge in [-0.1, -0.05) is 37.7 Å². The third-order valence-corrected chi connectivity index (χ3v) is 5.91. The Morgan fingerprint density at radius 1 is 1.18 bits per heavy atom. The number of anilines is 2. The third kappa shape index (κ3) is 11.3. The van der Waals surface area contributed by atoms with Gasteiger partial charge in [0.05, 0.1) is 12.6 Å². The van der Waals surface area contributed by atoms with Crippen molar-refractivity contribution < 1.29 is 41.2 Å². The molecular formula is C21H32F2LiN5O3S2-2. The fourth-order valence-corrected chi connectivity index (χ4v) is 4.24. The second-order valence-electron chi connectivity index (χ2n) is 7.08. The van der Waals surface area contributed by atoms with E-state index < -0.39 is 21.8 Å². The Bertz CT molecular complexity index is 985. The zero-order valence-corrected chi connectivity index (χ0v) is 21.9. The van der Waals surface area contributed by atoms with Gasteiger partial charge in [-0.05, 0) is 18.4 Å². The smallest absolute Gasteiger partial charge is 0.394 e. The van der Waals surface area contributed by atoms with Gasteiger partial charge in [-0.3, -0.25) is 4.72 Å². The van der Waals surface area contributed by atoms with Gasteiger partial charge in [-0.25, -0.2) is 23.5 Å². The number of rotatable bonds is 12. The predicted octanol–water partition coefficient (Wildman–Crippen LogP) is 0.851. The number of aliphatic hydroxyl groups excluding tert-OH is 1. The van der Waals surface area contributed by atoms with Crippen LogP contribution in [0, 0.1) is 39.3 Å². The number of hydrogen-bond acceptors (Lipinski definition) is 7. The van der Waals surface area contributed by atoms with E-state index in [1.54, 1.807) is 0 Å². The largest absolute Gasteiger partial charge is 1.00 e. The molecule has 0 unspecified atom stereocenters. The van der Waals surface area contributed by atoms with Crippen LogP contribution in [0.15, 0.2) is 29.4 Å². The molecule has 0 aliphatic carbocycles. The van der Waals surface area contributed by atoms with E-state index in [0.717, 1.165) is 17.8 Å². The maximum atomic E-state index is 13.9. The average Bonchev–Trinajstić information content (AvgIpc) is 2.67. The molecule has 0 saturated carbocycles. The number of halogens is 2. The van der Waals surface area contributed by atoms with Crippen molar-refractivity contribution in [3.63, 3.8) is 0 Å². The molecule has 1 atom stereocenters. The van der Waals surface area contributed by atoms with Crippen molar-refractivity contribution in [2.24, 2.45) is 5.92 Å². The Morgan fingerprint density at radius 3 is 2.41 bits per heavy atom. The quantitative estimate of drug-likeness (QED) is 0.145. The first-order chi connectivity index (χ1) is 14.6. The van der Waals surface area contributed by atoms with Gasteiger partial charge in [0.25, 0.3) is 10.2 Å². The van der Waals surface area contributed by atoms with Crippen LogP contribution in [-0.4, -0.2) is 42.7 Å². The summed E-state index contributed by atoms with van der Waals surface area (Å²) in [6, 6.07) is 4.94. The topological polar surface area (TPSA) is 116 Å². The molecule has 0 radical (unpaired) electrons. The van der Waals surface area contributed by atoms with E-state index in [-0.39, 0.29) is 81.0 Å². The van der Waals surface area contributed by atoms with E-state index in [1.807, 2.05) is 13.8 Å². The number of nitrogens with one attached hydrogen (secondary N) is 3. The van der Waals surface area contributed by atoms with Gasteiger partial charge in [0.15, 0.2) is 16.8 Å². The maximum Gasteiger partial charge on any atom is 1.00 e. The fourth-order valence-electron chi connectivity index (χ4n) is 2.68. The number of benzene rings is 1. The molecule has 1 heterocycles. The summed E-state index contributed by atoms with van der Waals surface area (Å²) >= 11 is 1.01. The van der Waals surface area contributed by atoms with Crippen molar-refractivity contribution in [1.29, 1.82) is 0 Å². The summed E-state index contributed by atoms with van der Waals surface area (Å²) in [5.41, 5.74) is 0.126. The minimum atomic E-state index is -3.90. The second-order valence-corrected chi connectivity index (χ2v) is 9.52. The van der Waals surface area contributed by atoms with Gasteiger partial charge in [-0.2, -0.15) is 8.42 Å². The monoisotopic (exact) mass is 511 g/mol. The predicted molar refractivity (Wildman–Crippen MR) is 131 cm³/mol. The minimum Gasteiger partial charge on any atom is -0.394 e. The Balaban J connectivity index is 0. The number of aromatic nitrogens is 2. The first-order valence-corrected chi connectivity index (χ1v) is 12.0. The van der Waals surface area contributed by atoms with Gasteiger partial charge < -0.3 is 32.2 Å². The fraction of sp³-hybridized carbons (Fsp3) is 0.381. The van der Waals surface area contributed by atoms with Crippen LogP contribution in [-0.2, 0) is 16.0 Å². The summed E-state index contributed by atoms with van der Waals surface area (Å²) in [7, 11) is -3.90. The molecule has 0 aliphatic heterocycles. The number of nitrogens with zero attached hydrogens (tertiary/aromatic N) is 2. The number of thioether (sulfide) groups is 1. The molecule has 2 aromatic rings. The molecular weight excluding hydrogens is 479 g/mol. The van der Waals surface area contributed by atoms with Gasteiger partial charge in [-0.15, -0.1) is 6.54 Å². The van der Waals surface area contributed by atoms with Crippen molar-refractivity contribution in [3.05, 3.63) is 63.2 Å². The van der Waals surface area contributed by atoms with E-state index >= 15 is 0 Å². The van der Waals surface area contributed by atoms with E-state index in [4.69, 9.17) is 0 Å². The van der Waals surface area contributed by atoms with Gasteiger partial charge in [0.2, 0.25) is 0 Å². The Kier molecular flexibility index (Phi) is 16.6. The maximum absolute atomic E-state index is 13.9. The van der Waals surface area contributed by atoms with Crippen LogP contribution in [0.25, 0.3) is 0 Å². The van der Waals surface area contributed by atoms with Crippen LogP contribution in [0.5, 0.6) is 0 Å². The number of hydrogen-bond donors (Lipinski definition) is 4. The van der Waals surface area contributed by atoms with Crippen LogP contribution in [0.2, 0.25) is 0 Å². The zero-order valence-electron chi connectivity index (χ0n) is 20.2. The summed E-state index contributed by atoms with van der Waals surface area (Å²) < 4.78 is 55.9. The Morgan fingerprint density at radius 2 is 1.82 bits per heavy atom. The molecule has 1 aromatic heterocycles. The zero-order chi connectivity index (χ0) is 23.0. The molecule has 34 heavy (non-hydrogen) atoms. The molecule has 0 fully saturated rings. The third-order valence-electron chi connectivity index (χ3n) is 3.95. The summed E-state index contributed by atoms with van der Waals surface area (Å²) in [5, 5.41) is 12.8. The van der Waals surface area contributed by atoms with Crippen molar-refractivity contribution >= 4 is 33.6 Å². The summed E-state index contributed by atoms with van der Waals surface area (Å²) in [6.45, 7) is 7.22. The van der Waals surface area contributed by atoms with Crippen LogP contribution in [0.4, 0.5) is 20.4 Å². The van der Waals surface area contributed by atoms with Gasteiger partial charge >= 0.3 is 18.9 Å². The van der Waals surface area contributed by atoms with E-state index in [0.29, 0.717) is 12.3 Å². The molecule has 4 N–H and O–H groups in total. The van der Waals surface area contributed by atoms with Gasteiger partial charge in [0.1, 0.15) is 11.6 Å². The standard InChI is InChI=1S/C19H26F2N5O3S2.2CH3.Li/c1-4-22-31(28,29)26-17-9-16(23-14(10-27)8-12(2)3)24-19(25-17)30-11-13-6-5-7-15(20)18(13)21;;;/h5-7,9,12,14,22,27H,1,4,8,10-11H2,2-3H3,(H2,23,24,25,26);2*1H3;/q3*-1;+1/t14-;;;/m1.../s1. The SMILES string of the molecule is [CH2-]CNS(=O)(=O)Nc1cc(N[C@@H](CO)CC(C)C)nc(SCc2cccc(F)c2F)n1.[CH3-].[CH3-].[Li+]. The van der Waals surface area contributed by atoms with Crippen LogP contribution >= 0.6 is 11.8 Å². The summed E-state index contributed by atoms with van der Waals surface area (Å²) in [6.07, 6.45) is 0.654. The van der Waals surface area contributed by atoms with Crippen molar-refractivity contribution in [1.82, 2.24) is 14.7 Å². The molecule has 1 aromatic carbocycles. The van der Waals surface area contributed by atoms with Crippen molar-refractivity contribution in [2.75, 3.05) is 23.2 Å². The Labute approximate surface area is 218 Å². The molecule has 0 spiro atoms. The number of aliphatic hydroxyl groups is 1. The van der Waals surface area contributed by atoms with Crippen LogP contribution < -0.4 is 33.6 Å². The molecule has 0 saturated heterocycles. The second kappa shape index (κ2) is 16.3. The molecule has 2 rings (SSSR count). The normalized spacial score (nSPS) is 11.6. The van der Waals surface area contributed by atoms with Crippen LogP contribution in [0.1, 0.15) is 25.8 Å². The van der Waals surface area contributed by atoms with Crippen molar-refractivity contribution in [2.45, 2.75) is 37.2 Å². The van der Waals surface area contributed by atoms with Crippen molar-refractivity contribution in [3.8, 4) is 0 Å². The van der Waals surface area contributed by atoms with Crippen LogP contribution in [0.3, 0.4) is 0 Å². The summed E-state index contributed by atoms with van der Waals surface area (Å²) in [5.74, 6) is -1.32. The van der Waals surface area contributed by atoms with Gasteiger partial charge in [0, 0.05) is 17.4 Å².